The van der Waals surface area contributed by atoms with Crippen LogP contribution in [0.1, 0.15) is 0 Å². The molecule has 140 valence electrons. The van der Waals surface area contributed by atoms with Gasteiger partial charge in [0.15, 0.2) is 0 Å². The van der Waals surface area contributed by atoms with Crippen LogP contribution in [0.5, 0.6) is 0 Å². The van der Waals surface area contributed by atoms with Crippen molar-refractivity contribution in [2.24, 2.45) is 0 Å². The van der Waals surface area contributed by atoms with Crippen LogP contribution in [0.3, 0.4) is 0 Å². The molecule has 0 bridgehead atoms. The monoisotopic (exact) mass is 416 g/mol. The van der Waals surface area contributed by atoms with E-state index < -0.39 is 34.0 Å². The molecule has 0 saturated carbocycles. The molecule has 0 aliphatic carbocycles. The molecule has 26 heavy (non-hydrogen) atoms. The van der Waals surface area contributed by atoms with Crippen molar-refractivity contribution in [3.05, 3.63) is 54.3 Å². The summed E-state index contributed by atoms with van der Waals surface area (Å²) in [4.78, 5) is 0.818. The lowest BCUT2D eigenvalue weighted by molar-refractivity contribution is -0.0474. The molecular formula is C17H17FO5S3. The molecule has 1 fully saturated rings. The zero-order valence-corrected chi connectivity index (χ0v) is 15.8. The van der Waals surface area contributed by atoms with Gasteiger partial charge in [-0.05, 0) is 48.5 Å². The summed E-state index contributed by atoms with van der Waals surface area (Å²) >= 11 is 2.63. The number of hydrogen-bond donors (Lipinski definition) is 3. The first-order valence-electron chi connectivity index (χ1n) is 7.72. The third kappa shape index (κ3) is 4.08. The average molecular weight is 417 g/mol. The van der Waals surface area contributed by atoms with Gasteiger partial charge in [0, 0.05) is 10.6 Å². The molecule has 2 aromatic rings. The Morgan fingerprint density at radius 3 is 2.04 bits per heavy atom. The molecule has 1 heterocycles. The predicted molar refractivity (Wildman–Crippen MR) is 98.4 cm³/mol. The van der Waals surface area contributed by atoms with Crippen LogP contribution in [0.2, 0.25) is 0 Å². The molecule has 0 unspecified atom stereocenters. The maximum Gasteiger partial charge on any atom is 0.206 e. The van der Waals surface area contributed by atoms with Gasteiger partial charge in [0.2, 0.25) is 9.84 Å². The normalized spacial score (nSPS) is 26.6. The summed E-state index contributed by atoms with van der Waals surface area (Å²) in [6.45, 7) is 0. The van der Waals surface area contributed by atoms with E-state index >= 15 is 0 Å². The van der Waals surface area contributed by atoms with Crippen molar-refractivity contribution in [2.75, 3.05) is 5.75 Å². The van der Waals surface area contributed by atoms with Gasteiger partial charge in [-0.25, -0.2) is 12.8 Å². The Morgan fingerprint density at radius 2 is 1.46 bits per heavy atom. The molecule has 1 saturated heterocycles. The fourth-order valence-electron chi connectivity index (χ4n) is 2.46. The second-order valence-electron chi connectivity index (χ2n) is 5.80. The van der Waals surface area contributed by atoms with E-state index in [-0.39, 0.29) is 14.4 Å². The molecule has 0 amide bonds. The molecule has 3 rings (SSSR count). The smallest absolute Gasteiger partial charge is 0.206 e. The van der Waals surface area contributed by atoms with Crippen molar-refractivity contribution >= 4 is 33.4 Å². The summed E-state index contributed by atoms with van der Waals surface area (Å²) in [6, 6.07) is 10.8. The van der Waals surface area contributed by atoms with Crippen LogP contribution in [0.4, 0.5) is 4.39 Å². The van der Waals surface area contributed by atoms with Gasteiger partial charge in [-0.3, -0.25) is 0 Å². The summed E-state index contributed by atoms with van der Waals surface area (Å²) in [5, 5.41) is 29.4. The maximum atomic E-state index is 13.0. The molecule has 9 heteroatoms. The quantitative estimate of drug-likeness (QED) is 0.656. The molecule has 5 nitrogen and oxygen atoms in total. The number of aliphatic hydroxyl groups excluding tert-OH is 3. The Morgan fingerprint density at radius 1 is 0.923 bits per heavy atom. The minimum Gasteiger partial charge on any atom is -0.389 e. The molecule has 1 aliphatic heterocycles. The van der Waals surface area contributed by atoms with Crippen LogP contribution >= 0.6 is 23.5 Å². The summed E-state index contributed by atoms with van der Waals surface area (Å²) < 4.78 is 37.7. The van der Waals surface area contributed by atoms with Crippen molar-refractivity contribution in [2.45, 2.75) is 37.6 Å². The summed E-state index contributed by atoms with van der Waals surface area (Å²) in [5.74, 6) is -0.195. The van der Waals surface area contributed by atoms with Crippen molar-refractivity contribution in [1.29, 1.82) is 0 Å². The van der Waals surface area contributed by atoms with E-state index in [1.807, 2.05) is 0 Å². The van der Waals surface area contributed by atoms with Gasteiger partial charge in [0.1, 0.15) is 18.0 Å². The Balaban J connectivity index is 1.75. The first kappa shape index (κ1) is 19.7. The van der Waals surface area contributed by atoms with E-state index in [9.17, 15) is 28.1 Å². The number of halogens is 1. The van der Waals surface area contributed by atoms with Gasteiger partial charge in [0.25, 0.3) is 0 Å². The third-order valence-electron chi connectivity index (χ3n) is 3.96. The van der Waals surface area contributed by atoms with Crippen LogP contribution in [0, 0.1) is 5.82 Å². The van der Waals surface area contributed by atoms with Gasteiger partial charge in [-0.2, -0.15) is 0 Å². The lowest BCUT2D eigenvalue weighted by Crippen LogP contribution is -2.47. The van der Waals surface area contributed by atoms with E-state index in [2.05, 4.69) is 0 Å². The summed E-state index contributed by atoms with van der Waals surface area (Å²) in [7, 11) is -3.74. The minimum absolute atomic E-state index is 0.00895. The van der Waals surface area contributed by atoms with E-state index in [0.29, 0.717) is 5.75 Å². The van der Waals surface area contributed by atoms with Crippen LogP contribution in [-0.4, -0.2) is 52.4 Å². The standard InChI is InChI=1S/C17H17FO5S3/c18-10-1-5-12(6-2-10)26(22,23)13-7-3-11(4-8-13)25-17-16(21)15(20)14(19)9-24-17/h1-8,14-17,19-21H,9H2/t14-,15+,16-,17+/m1/s1. The van der Waals surface area contributed by atoms with Crippen molar-refractivity contribution in [1.82, 2.24) is 0 Å². The number of aliphatic hydroxyl groups is 3. The predicted octanol–water partition coefficient (Wildman–Crippen LogP) is 1.91. The fraction of sp³-hybridized carbons (Fsp3) is 0.294. The molecule has 0 radical (unpaired) electrons. The molecular weight excluding hydrogens is 399 g/mol. The van der Waals surface area contributed by atoms with Crippen molar-refractivity contribution in [3.8, 4) is 0 Å². The molecule has 0 aromatic heterocycles. The minimum atomic E-state index is -3.74. The number of sulfone groups is 1. The second-order valence-corrected chi connectivity index (χ2v) is 10.4. The molecule has 2 aromatic carbocycles. The summed E-state index contributed by atoms with van der Waals surface area (Å²) in [5.41, 5.74) is 0. The Labute approximate surface area is 159 Å². The number of benzene rings is 2. The highest BCUT2D eigenvalue weighted by Crippen LogP contribution is 2.38. The van der Waals surface area contributed by atoms with Gasteiger partial charge in [-0.1, -0.05) is 0 Å². The van der Waals surface area contributed by atoms with Crippen LogP contribution in [-0.2, 0) is 9.84 Å². The highest BCUT2D eigenvalue weighted by Gasteiger charge is 2.37. The highest BCUT2D eigenvalue weighted by atomic mass is 32.2. The van der Waals surface area contributed by atoms with Crippen molar-refractivity contribution in [3.63, 3.8) is 0 Å². The zero-order chi connectivity index (χ0) is 18.9. The van der Waals surface area contributed by atoms with Crippen LogP contribution < -0.4 is 0 Å². The Hall–Kier alpha value is -1.10. The molecule has 4 atom stereocenters. The van der Waals surface area contributed by atoms with E-state index in [1.54, 1.807) is 12.1 Å². The Kier molecular flexibility index (Phi) is 5.95. The number of hydrogen-bond acceptors (Lipinski definition) is 7. The van der Waals surface area contributed by atoms with Crippen LogP contribution in [0.25, 0.3) is 0 Å². The lowest BCUT2D eigenvalue weighted by atomic mass is 10.1. The number of thioether (sulfide) groups is 2. The first-order chi connectivity index (χ1) is 12.3. The largest absolute Gasteiger partial charge is 0.389 e. The van der Waals surface area contributed by atoms with Gasteiger partial charge in [0.05, 0.1) is 20.5 Å². The van der Waals surface area contributed by atoms with E-state index in [1.165, 1.54) is 47.8 Å². The van der Waals surface area contributed by atoms with Gasteiger partial charge >= 0.3 is 0 Å². The maximum absolute atomic E-state index is 13.0. The van der Waals surface area contributed by atoms with Gasteiger partial charge < -0.3 is 15.3 Å². The topological polar surface area (TPSA) is 94.8 Å². The molecule has 0 spiro atoms. The summed E-state index contributed by atoms with van der Waals surface area (Å²) in [6.07, 6.45) is -3.25. The fourth-order valence-corrected chi connectivity index (χ4v) is 6.37. The lowest BCUT2D eigenvalue weighted by Gasteiger charge is -2.34. The SMILES string of the molecule is O=S(=O)(c1ccc(F)cc1)c1ccc(S[C@@H]2SC[C@@H](O)[C@H](O)[C@H]2O)cc1. The number of rotatable bonds is 4. The Bertz CT molecular complexity index is 855. The zero-order valence-electron chi connectivity index (χ0n) is 13.4. The van der Waals surface area contributed by atoms with Gasteiger partial charge in [-0.15, -0.1) is 23.5 Å². The second kappa shape index (κ2) is 7.87. The third-order valence-corrected chi connectivity index (χ3v) is 8.64. The van der Waals surface area contributed by atoms with E-state index in [4.69, 9.17) is 0 Å². The average Bonchev–Trinajstić information content (AvgIpc) is 2.63. The highest BCUT2D eigenvalue weighted by molar-refractivity contribution is 8.17. The molecule has 1 aliphatic rings. The first-order valence-corrected chi connectivity index (χ1v) is 11.1. The van der Waals surface area contributed by atoms with E-state index in [0.717, 1.165) is 17.0 Å². The van der Waals surface area contributed by atoms with Crippen LogP contribution in [0.15, 0.2) is 63.2 Å². The van der Waals surface area contributed by atoms with Crippen molar-refractivity contribution < 1.29 is 28.1 Å². The molecule has 3 N–H and O–H groups in total.